The average Bonchev–Trinajstić information content (AvgIpc) is 2.66. The molecule has 1 heterocycles. The predicted octanol–water partition coefficient (Wildman–Crippen LogP) is 2.68. The number of benzene rings is 2. The molecule has 148 valence electrons. The topological polar surface area (TPSA) is 95.9 Å². The Bertz CT molecular complexity index is 1050. The van der Waals surface area contributed by atoms with E-state index in [0.29, 0.717) is 11.3 Å². The van der Waals surface area contributed by atoms with Crippen LogP contribution in [0.25, 0.3) is 6.08 Å². The van der Waals surface area contributed by atoms with Gasteiger partial charge in [-0.25, -0.2) is 4.79 Å². The van der Waals surface area contributed by atoms with Crippen molar-refractivity contribution < 1.29 is 24.2 Å². The van der Waals surface area contributed by atoms with E-state index in [1.165, 1.54) is 17.9 Å². The lowest BCUT2D eigenvalue weighted by molar-refractivity contribution is -0.144. The third-order valence-corrected chi connectivity index (χ3v) is 4.52. The standard InChI is InChI=1S/C21H18N2O5S/c1-12-6-5-8-15(10-12)23-19(25)16(18(24)22-21(23)29)11-14-7-3-4-9-17(14)28-13(2)20(26)27/h3-11,13H,1-2H3,(H,26,27)(H,22,24,29)/b16-11+/t13-/m1/s1. The second-order valence-corrected chi connectivity index (χ2v) is 6.82. The van der Waals surface area contributed by atoms with Crippen LogP contribution in [0.5, 0.6) is 5.75 Å². The van der Waals surface area contributed by atoms with Crippen molar-refractivity contribution in [3.05, 3.63) is 65.2 Å². The minimum absolute atomic E-state index is 0.00761. The molecule has 1 atom stereocenters. The molecule has 1 aliphatic rings. The maximum Gasteiger partial charge on any atom is 0.344 e. The summed E-state index contributed by atoms with van der Waals surface area (Å²) in [5, 5.41) is 11.6. The van der Waals surface area contributed by atoms with E-state index in [0.717, 1.165) is 5.56 Å². The summed E-state index contributed by atoms with van der Waals surface area (Å²) >= 11 is 5.19. The Kier molecular flexibility index (Phi) is 5.74. The highest BCUT2D eigenvalue weighted by atomic mass is 32.1. The van der Waals surface area contributed by atoms with Gasteiger partial charge in [0.1, 0.15) is 11.3 Å². The van der Waals surface area contributed by atoms with Gasteiger partial charge < -0.3 is 9.84 Å². The number of nitrogens with one attached hydrogen (secondary N) is 1. The van der Waals surface area contributed by atoms with Crippen molar-refractivity contribution in [3.63, 3.8) is 0 Å². The zero-order valence-corrected chi connectivity index (χ0v) is 16.5. The molecule has 2 amide bonds. The molecular weight excluding hydrogens is 392 g/mol. The summed E-state index contributed by atoms with van der Waals surface area (Å²) < 4.78 is 5.44. The summed E-state index contributed by atoms with van der Waals surface area (Å²) in [5.74, 6) is -2.10. The predicted molar refractivity (Wildman–Crippen MR) is 112 cm³/mol. The van der Waals surface area contributed by atoms with E-state index < -0.39 is 23.9 Å². The highest BCUT2D eigenvalue weighted by Crippen LogP contribution is 2.26. The molecular formula is C21H18N2O5S. The Morgan fingerprint density at radius 3 is 2.62 bits per heavy atom. The van der Waals surface area contributed by atoms with Gasteiger partial charge in [-0.3, -0.25) is 19.8 Å². The summed E-state index contributed by atoms with van der Waals surface area (Å²) in [5.41, 5.74) is 1.73. The van der Waals surface area contributed by atoms with Crippen LogP contribution in [-0.4, -0.2) is 34.1 Å². The molecule has 2 N–H and O–H groups in total. The maximum atomic E-state index is 13.1. The molecule has 8 heteroatoms. The maximum absolute atomic E-state index is 13.1. The van der Waals surface area contributed by atoms with E-state index >= 15 is 0 Å². The van der Waals surface area contributed by atoms with Crippen LogP contribution >= 0.6 is 12.2 Å². The van der Waals surface area contributed by atoms with Crippen LogP contribution in [0.4, 0.5) is 5.69 Å². The Morgan fingerprint density at radius 1 is 1.21 bits per heavy atom. The molecule has 0 radical (unpaired) electrons. The number of carboxylic acids is 1. The number of ether oxygens (including phenoxy) is 1. The number of anilines is 1. The van der Waals surface area contributed by atoms with Crippen LogP contribution in [0.15, 0.2) is 54.1 Å². The number of hydrogen-bond acceptors (Lipinski definition) is 5. The summed E-state index contributed by atoms with van der Waals surface area (Å²) in [6.45, 7) is 3.27. The number of nitrogens with zero attached hydrogens (tertiary/aromatic N) is 1. The van der Waals surface area contributed by atoms with E-state index in [-0.39, 0.29) is 16.4 Å². The Hall–Kier alpha value is -3.52. The molecule has 1 saturated heterocycles. The summed E-state index contributed by atoms with van der Waals surface area (Å²) in [6, 6.07) is 13.7. The second-order valence-electron chi connectivity index (χ2n) is 6.43. The lowest BCUT2D eigenvalue weighted by atomic mass is 10.1. The number of amides is 2. The van der Waals surface area contributed by atoms with Gasteiger partial charge in [-0.05, 0) is 55.9 Å². The fraction of sp³-hybridized carbons (Fsp3) is 0.143. The zero-order valence-electron chi connectivity index (χ0n) is 15.7. The van der Waals surface area contributed by atoms with Gasteiger partial charge in [-0.1, -0.05) is 30.3 Å². The third kappa shape index (κ3) is 4.33. The molecule has 2 aromatic carbocycles. The Morgan fingerprint density at radius 2 is 1.93 bits per heavy atom. The van der Waals surface area contributed by atoms with Gasteiger partial charge in [0.05, 0.1) is 5.69 Å². The molecule has 3 rings (SSSR count). The normalized spacial score (nSPS) is 16.6. The molecule has 0 aromatic heterocycles. The van der Waals surface area contributed by atoms with Crippen LogP contribution in [0.3, 0.4) is 0 Å². The number of thiocarbonyl (C=S) groups is 1. The third-order valence-electron chi connectivity index (χ3n) is 4.23. The first-order valence-electron chi connectivity index (χ1n) is 8.74. The number of carboxylic acid groups (broad SMARTS) is 1. The van der Waals surface area contributed by atoms with E-state index in [1.54, 1.807) is 42.5 Å². The lowest BCUT2D eigenvalue weighted by Crippen LogP contribution is -2.54. The number of carbonyl (C=O) groups excluding carboxylic acids is 2. The first-order chi connectivity index (χ1) is 13.8. The number of aliphatic carboxylic acids is 1. The molecule has 7 nitrogen and oxygen atoms in total. The molecule has 1 aliphatic heterocycles. The number of rotatable bonds is 5. The molecule has 0 unspecified atom stereocenters. The molecule has 29 heavy (non-hydrogen) atoms. The Labute approximate surface area is 172 Å². The molecule has 2 aromatic rings. The van der Waals surface area contributed by atoms with Gasteiger partial charge in [0, 0.05) is 5.56 Å². The van der Waals surface area contributed by atoms with Gasteiger partial charge in [0.15, 0.2) is 11.2 Å². The fourth-order valence-electron chi connectivity index (χ4n) is 2.76. The lowest BCUT2D eigenvalue weighted by Gasteiger charge is -2.29. The van der Waals surface area contributed by atoms with Gasteiger partial charge in [0.2, 0.25) is 0 Å². The molecule has 0 spiro atoms. The average molecular weight is 410 g/mol. The van der Waals surface area contributed by atoms with Crippen molar-refractivity contribution in [2.75, 3.05) is 4.90 Å². The quantitative estimate of drug-likeness (QED) is 0.447. The van der Waals surface area contributed by atoms with E-state index in [1.807, 2.05) is 13.0 Å². The van der Waals surface area contributed by atoms with Crippen LogP contribution in [0.1, 0.15) is 18.1 Å². The van der Waals surface area contributed by atoms with Crippen molar-refractivity contribution in [1.29, 1.82) is 0 Å². The highest BCUT2D eigenvalue weighted by molar-refractivity contribution is 7.80. The van der Waals surface area contributed by atoms with E-state index in [4.69, 9.17) is 22.1 Å². The van der Waals surface area contributed by atoms with Gasteiger partial charge in [-0.2, -0.15) is 0 Å². The largest absolute Gasteiger partial charge is 0.479 e. The van der Waals surface area contributed by atoms with Crippen molar-refractivity contribution in [1.82, 2.24) is 5.32 Å². The number of carbonyl (C=O) groups is 3. The number of hydrogen-bond donors (Lipinski definition) is 2. The van der Waals surface area contributed by atoms with Crippen molar-refractivity contribution in [2.24, 2.45) is 0 Å². The number of aryl methyl sites for hydroxylation is 1. The fourth-order valence-corrected chi connectivity index (χ4v) is 3.04. The number of para-hydroxylation sites is 1. The van der Waals surface area contributed by atoms with Crippen LogP contribution in [0, 0.1) is 6.92 Å². The molecule has 0 saturated carbocycles. The van der Waals surface area contributed by atoms with E-state index in [9.17, 15) is 14.4 Å². The monoisotopic (exact) mass is 410 g/mol. The molecule has 0 bridgehead atoms. The van der Waals surface area contributed by atoms with Crippen molar-refractivity contribution >= 4 is 46.9 Å². The van der Waals surface area contributed by atoms with Crippen molar-refractivity contribution in [2.45, 2.75) is 20.0 Å². The van der Waals surface area contributed by atoms with E-state index in [2.05, 4.69) is 5.32 Å². The Balaban J connectivity index is 2.01. The van der Waals surface area contributed by atoms with Gasteiger partial charge in [0.25, 0.3) is 11.8 Å². The SMILES string of the molecule is Cc1cccc(N2C(=O)/C(=C/c3ccccc3O[C@H](C)C(=O)O)C(=O)NC2=S)c1. The van der Waals surface area contributed by atoms with Gasteiger partial charge in [-0.15, -0.1) is 0 Å². The first kappa shape index (κ1) is 20.2. The zero-order chi connectivity index (χ0) is 21.1. The van der Waals surface area contributed by atoms with Crippen LogP contribution < -0.4 is 15.0 Å². The smallest absolute Gasteiger partial charge is 0.344 e. The molecule has 1 fully saturated rings. The summed E-state index contributed by atoms with van der Waals surface area (Å²) in [7, 11) is 0. The summed E-state index contributed by atoms with van der Waals surface area (Å²) in [4.78, 5) is 37.9. The van der Waals surface area contributed by atoms with Gasteiger partial charge >= 0.3 is 5.97 Å². The first-order valence-corrected chi connectivity index (χ1v) is 9.15. The second kappa shape index (κ2) is 8.24. The molecule has 0 aliphatic carbocycles. The van der Waals surface area contributed by atoms with Crippen LogP contribution in [-0.2, 0) is 14.4 Å². The van der Waals surface area contributed by atoms with Crippen LogP contribution in [0.2, 0.25) is 0 Å². The minimum atomic E-state index is -1.13. The minimum Gasteiger partial charge on any atom is -0.479 e. The highest BCUT2D eigenvalue weighted by Gasteiger charge is 2.34. The van der Waals surface area contributed by atoms with Crippen molar-refractivity contribution in [3.8, 4) is 5.75 Å². The summed E-state index contributed by atoms with van der Waals surface area (Å²) in [6.07, 6.45) is 0.272.